The van der Waals surface area contributed by atoms with Gasteiger partial charge in [-0.3, -0.25) is 0 Å². The van der Waals surface area contributed by atoms with Crippen molar-refractivity contribution in [3.05, 3.63) is 0 Å². The number of hydrogen-bond donors (Lipinski definition) is 1. The summed E-state index contributed by atoms with van der Waals surface area (Å²) < 4.78 is 11.3. The summed E-state index contributed by atoms with van der Waals surface area (Å²) in [4.78, 5) is 0. The third-order valence-electron chi connectivity index (χ3n) is 4.84. The fourth-order valence-corrected chi connectivity index (χ4v) is 3.63. The summed E-state index contributed by atoms with van der Waals surface area (Å²) in [5, 5.41) is 0. The van der Waals surface area contributed by atoms with E-state index in [0.29, 0.717) is 5.92 Å². The van der Waals surface area contributed by atoms with Crippen LogP contribution < -0.4 is 5.73 Å². The third kappa shape index (κ3) is 2.83. The molecule has 0 aromatic carbocycles. The van der Waals surface area contributed by atoms with Gasteiger partial charge in [-0.15, -0.1) is 0 Å². The summed E-state index contributed by atoms with van der Waals surface area (Å²) in [5.74, 6) is 1.46. The average molecular weight is 241 g/mol. The van der Waals surface area contributed by atoms with Crippen LogP contribution in [0.5, 0.6) is 0 Å². The zero-order valence-electron chi connectivity index (χ0n) is 11.3. The lowest BCUT2D eigenvalue weighted by Gasteiger charge is -2.45. The Labute approximate surface area is 105 Å². The molecule has 0 radical (unpaired) electrons. The molecule has 3 nitrogen and oxygen atoms in total. The van der Waals surface area contributed by atoms with Gasteiger partial charge >= 0.3 is 0 Å². The van der Waals surface area contributed by atoms with Crippen molar-refractivity contribution in [3.8, 4) is 0 Å². The van der Waals surface area contributed by atoms with Gasteiger partial charge in [-0.05, 0) is 24.7 Å². The van der Waals surface area contributed by atoms with Crippen LogP contribution in [0.15, 0.2) is 0 Å². The Bertz CT molecular complexity index is 238. The molecule has 3 unspecified atom stereocenters. The summed E-state index contributed by atoms with van der Waals surface area (Å²) in [5.41, 5.74) is 6.43. The number of nitrogens with two attached hydrogens (primary N) is 1. The Kier molecular flexibility index (Phi) is 4.45. The van der Waals surface area contributed by atoms with Gasteiger partial charge in [0.25, 0.3) is 0 Å². The summed E-state index contributed by atoms with van der Waals surface area (Å²) in [6.45, 7) is 3.94. The maximum atomic E-state index is 6.55. The molecule has 2 N–H and O–H groups in total. The van der Waals surface area contributed by atoms with Gasteiger partial charge < -0.3 is 15.2 Å². The summed E-state index contributed by atoms with van der Waals surface area (Å²) in [6.07, 6.45) is 7.15. The van der Waals surface area contributed by atoms with Gasteiger partial charge in [-0.25, -0.2) is 0 Å². The average Bonchev–Trinajstić information content (AvgIpc) is 2.38. The maximum absolute atomic E-state index is 6.55. The highest BCUT2D eigenvalue weighted by molar-refractivity contribution is 4.97. The molecule has 1 heterocycles. The summed E-state index contributed by atoms with van der Waals surface area (Å²) in [7, 11) is 1.82. The van der Waals surface area contributed by atoms with Crippen LogP contribution >= 0.6 is 0 Å². The van der Waals surface area contributed by atoms with Crippen LogP contribution in [0.2, 0.25) is 0 Å². The fourth-order valence-electron chi connectivity index (χ4n) is 3.63. The van der Waals surface area contributed by atoms with Crippen molar-refractivity contribution in [1.29, 1.82) is 0 Å². The van der Waals surface area contributed by atoms with E-state index in [1.165, 1.54) is 25.7 Å². The molecule has 0 spiro atoms. The van der Waals surface area contributed by atoms with Gasteiger partial charge in [0, 0.05) is 39.2 Å². The highest BCUT2D eigenvalue weighted by atomic mass is 16.5. The topological polar surface area (TPSA) is 44.5 Å². The van der Waals surface area contributed by atoms with Crippen molar-refractivity contribution in [2.24, 2.45) is 17.6 Å². The molecule has 100 valence electrons. The second-order valence-electron chi connectivity index (χ2n) is 5.94. The SMILES string of the molecule is COC1(C(N)C2CCCC(C)C2)CCOCC1. The van der Waals surface area contributed by atoms with Crippen molar-refractivity contribution in [2.45, 2.75) is 57.1 Å². The highest BCUT2D eigenvalue weighted by Gasteiger charge is 2.43. The van der Waals surface area contributed by atoms with Crippen LogP contribution in [0.25, 0.3) is 0 Å². The normalized spacial score (nSPS) is 35.5. The van der Waals surface area contributed by atoms with Gasteiger partial charge in [0.05, 0.1) is 5.60 Å². The minimum atomic E-state index is -0.125. The van der Waals surface area contributed by atoms with E-state index in [1.807, 2.05) is 7.11 Å². The Morgan fingerprint density at radius 3 is 2.59 bits per heavy atom. The minimum Gasteiger partial charge on any atom is -0.381 e. The largest absolute Gasteiger partial charge is 0.381 e. The number of rotatable bonds is 3. The first-order chi connectivity index (χ1) is 8.18. The predicted octanol–water partition coefficient (Wildman–Crippen LogP) is 2.34. The molecule has 3 heteroatoms. The van der Waals surface area contributed by atoms with Crippen LogP contribution in [0.4, 0.5) is 0 Å². The molecular weight excluding hydrogens is 214 g/mol. The molecule has 0 aromatic heterocycles. The van der Waals surface area contributed by atoms with Crippen LogP contribution in [0.1, 0.15) is 45.4 Å². The first-order valence-corrected chi connectivity index (χ1v) is 7.06. The van der Waals surface area contributed by atoms with E-state index >= 15 is 0 Å². The van der Waals surface area contributed by atoms with Crippen LogP contribution in [-0.2, 0) is 9.47 Å². The smallest absolute Gasteiger partial charge is 0.0875 e. The fraction of sp³-hybridized carbons (Fsp3) is 1.00. The maximum Gasteiger partial charge on any atom is 0.0875 e. The zero-order valence-corrected chi connectivity index (χ0v) is 11.3. The standard InChI is InChI=1S/C14H27NO2/c1-11-4-3-5-12(10-11)13(15)14(16-2)6-8-17-9-7-14/h11-13H,3-10,15H2,1-2H3. The van der Waals surface area contributed by atoms with Crippen LogP contribution in [-0.4, -0.2) is 32.0 Å². The third-order valence-corrected chi connectivity index (χ3v) is 4.84. The second kappa shape index (κ2) is 5.68. The molecule has 2 aliphatic rings. The van der Waals surface area contributed by atoms with Gasteiger partial charge in [0.15, 0.2) is 0 Å². The lowest BCUT2D eigenvalue weighted by Crippen LogP contribution is -2.56. The monoisotopic (exact) mass is 241 g/mol. The highest BCUT2D eigenvalue weighted by Crippen LogP contribution is 2.38. The minimum absolute atomic E-state index is 0.125. The molecule has 0 bridgehead atoms. The van der Waals surface area contributed by atoms with Gasteiger partial charge in [-0.2, -0.15) is 0 Å². The van der Waals surface area contributed by atoms with E-state index < -0.39 is 0 Å². The molecular formula is C14H27NO2. The van der Waals surface area contributed by atoms with Crippen LogP contribution in [0.3, 0.4) is 0 Å². The van der Waals surface area contributed by atoms with Gasteiger partial charge in [0.2, 0.25) is 0 Å². The molecule has 1 saturated heterocycles. The van der Waals surface area contributed by atoms with E-state index in [1.54, 1.807) is 0 Å². The molecule has 17 heavy (non-hydrogen) atoms. The molecule has 2 fully saturated rings. The van der Waals surface area contributed by atoms with Crippen molar-refractivity contribution in [1.82, 2.24) is 0 Å². The first kappa shape index (κ1) is 13.3. The molecule has 1 aliphatic carbocycles. The van der Waals surface area contributed by atoms with Crippen molar-refractivity contribution in [2.75, 3.05) is 20.3 Å². The predicted molar refractivity (Wildman–Crippen MR) is 68.9 cm³/mol. The Balaban J connectivity index is 2.02. The Hall–Kier alpha value is -0.120. The van der Waals surface area contributed by atoms with Gasteiger partial charge in [0.1, 0.15) is 0 Å². The number of ether oxygens (including phenoxy) is 2. The van der Waals surface area contributed by atoms with E-state index in [4.69, 9.17) is 15.2 Å². The molecule has 0 amide bonds. The van der Waals surface area contributed by atoms with E-state index in [0.717, 1.165) is 32.0 Å². The molecule has 1 aliphatic heterocycles. The first-order valence-electron chi connectivity index (χ1n) is 7.06. The van der Waals surface area contributed by atoms with Gasteiger partial charge in [-0.1, -0.05) is 19.8 Å². The molecule has 0 aromatic rings. The number of methoxy groups -OCH3 is 1. The van der Waals surface area contributed by atoms with E-state index in [9.17, 15) is 0 Å². The second-order valence-corrected chi connectivity index (χ2v) is 5.94. The van der Waals surface area contributed by atoms with E-state index in [-0.39, 0.29) is 11.6 Å². The van der Waals surface area contributed by atoms with Crippen LogP contribution in [0, 0.1) is 11.8 Å². The number of hydrogen-bond acceptors (Lipinski definition) is 3. The zero-order chi connectivity index (χ0) is 12.3. The lowest BCUT2D eigenvalue weighted by atomic mass is 9.71. The molecule has 3 atom stereocenters. The Morgan fingerprint density at radius 2 is 2.00 bits per heavy atom. The van der Waals surface area contributed by atoms with Crippen molar-refractivity contribution in [3.63, 3.8) is 0 Å². The summed E-state index contributed by atoms with van der Waals surface area (Å²) >= 11 is 0. The lowest BCUT2D eigenvalue weighted by molar-refractivity contribution is -0.116. The Morgan fingerprint density at radius 1 is 1.29 bits per heavy atom. The molecule has 1 saturated carbocycles. The van der Waals surface area contributed by atoms with E-state index in [2.05, 4.69) is 6.92 Å². The van der Waals surface area contributed by atoms with Crippen molar-refractivity contribution >= 4 is 0 Å². The molecule has 2 rings (SSSR count). The quantitative estimate of drug-likeness (QED) is 0.825. The van der Waals surface area contributed by atoms with Crippen molar-refractivity contribution < 1.29 is 9.47 Å². The summed E-state index contributed by atoms with van der Waals surface area (Å²) in [6, 6.07) is 0.180.